The van der Waals surface area contributed by atoms with Gasteiger partial charge in [-0.05, 0) is 42.8 Å². The third kappa shape index (κ3) is 4.84. The van der Waals surface area contributed by atoms with Gasteiger partial charge in [-0.2, -0.15) is 0 Å². The minimum absolute atomic E-state index is 0.0915. The molecule has 7 heteroatoms. The molecule has 0 spiro atoms. The molecule has 0 aliphatic carbocycles. The van der Waals surface area contributed by atoms with Crippen molar-refractivity contribution in [1.82, 2.24) is 9.38 Å². The van der Waals surface area contributed by atoms with Gasteiger partial charge < -0.3 is 10.6 Å². The molecule has 0 unspecified atom stereocenters. The lowest BCUT2D eigenvalue weighted by Gasteiger charge is -2.19. The quantitative estimate of drug-likeness (QED) is 0.598. The van der Waals surface area contributed by atoms with Crippen molar-refractivity contribution in [2.24, 2.45) is 5.41 Å². The number of nitrogens with zero attached hydrogens (tertiary/aromatic N) is 2. The van der Waals surface area contributed by atoms with E-state index in [1.165, 1.54) is 6.08 Å². The molecule has 0 saturated carbocycles. The fourth-order valence-electron chi connectivity index (χ4n) is 2.62. The first kappa shape index (κ1) is 20.6. The normalized spacial score (nSPS) is 11.8. The van der Waals surface area contributed by atoms with E-state index in [0.717, 1.165) is 5.56 Å². The Morgan fingerprint density at radius 1 is 1.14 bits per heavy atom. The first-order valence-electron chi connectivity index (χ1n) is 9.19. The van der Waals surface area contributed by atoms with Crippen LogP contribution in [0.25, 0.3) is 11.7 Å². The summed E-state index contributed by atoms with van der Waals surface area (Å²) in [6.07, 6.45) is 4.85. The van der Waals surface area contributed by atoms with Gasteiger partial charge in [0, 0.05) is 29.1 Å². The maximum atomic E-state index is 12.4. The minimum atomic E-state index is -0.512. The van der Waals surface area contributed by atoms with E-state index >= 15 is 0 Å². The number of fused-ring (bicyclic) bond motifs is 1. The zero-order valence-electron chi connectivity index (χ0n) is 16.8. The Morgan fingerprint density at radius 3 is 2.62 bits per heavy atom. The summed E-state index contributed by atoms with van der Waals surface area (Å²) in [5.74, 6) is -0.407. The first-order chi connectivity index (χ1) is 13.6. The number of benzene rings is 1. The molecule has 0 fully saturated rings. The lowest BCUT2D eigenvalue weighted by molar-refractivity contribution is -0.123. The molecule has 0 aliphatic rings. The number of rotatable bonds is 4. The van der Waals surface area contributed by atoms with E-state index in [2.05, 4.69) is 15.6 Å². The molecule has 2 N–H and O–H groups in total. The zero-order valence-corrected chi connectivity index (χ0v) is 17.5. The maximum Gasteiger partial charge on any atom is 0.248 e. The number of hydrogen-bond acceptors (Lipinski definition) is 3. The van der Waals surface area contributed by atoms with Crippen LogP contribution in [-0.2, 0) is 9.59 Å². The number of nitrogens with one attached hydrogen (secondary N) is 2. The van der Waals surface area contributed by atoms with Crippen LogP contribution in [0.2, 0.25) is 5.15 Å². The number of pyridine rings is 1. The summed E-state index contributed by atoms with van der Waals surface area (Å²) in [5.41, 5.74) is 2.97. The van der Waals surface area contributed by atoms with Crippen LogP contribution >= 0.6 is 11.6 Å². The van der Waals surface area contributed by atoms with Gasteiger partial charge >= 0.3 is 0 Å². The van der Waals surface area contributed by atoms with Gasteiger partial charge in [-0.15, -0.1) is 0 Å². The van der Waals surface area contributed by atoms with Crippen molar-refractivity contribution in [3.05, 3.63) is 65.1 Å². The summed E-state index contributed by atoms with van der Waals surface area (Å²) >= 11 is 6.18. The average molecular weight is 411 g/mol. The van der Waals surface area contributed by atoms with Crippen molar-refractivity contribution in [1.29, 1.82) is 0 Å². The van der Waals surface area contributed by atoms with Crippen LogP contribution in [0.3, 0.4) is 0 Å². The van der Waals surface area contributed by atoms with Crippen molar-refractivity contribution in [2.75, 3.05) is 10.6 Å². The van der Waals surface area contributed by atoms with Crippen LogP contribution < -0.4 is 10.6 Å². The molecule has 0 radical (unpaired) electrons. The summed E-state index contributed by atoms with van der Waals surface area (Å²) in [6, 6.07) is 10.9. The molecular weight excluding hydrogens is 388 g/mol. The van der Waals surface area contributed by atoms with E-state index in [-0.39, 0.29) is 11.8 Å². The van der Waals surface area contributed by atoms with Crippen molar-refractivity contribution >= 4 is 46.5 Å². The van der Waals surface area contributed by atoms with Gasteiger partial charge in [0.05, 0.1) is 5.69 Å². The van der Waals surface area contributed by atoms with Crippen molar-refractivity contribution in [2.45, 2.75) is 27.7 Å². The number of carbonyl (C=O) groups excluding carboxylic acids is 2. The standard InChI is InChI=1S/C22H23ClN4O2/c1-14-8-9-15(13-16(14)25-21(29)22(2,3)4)24-19(28)11-10-17-20(23)26-18-7-5-6-12-27(17)18/h5-13H,1-4H3,(H,24,28)(H,25,29)/b11-10+. The highest BCUT2D eigenvalue weighted by molar-refractivity contribution is 6.31. The number of aromatic nitrogens is 2. The van der Waals surface area contributed by atoms with Crippen molar-refractivity contribution < 1.29 is 9.59 Å². The predicted octanol–water partition coefficient (Wildman–Crippen LogP) is 4.93. The highest BCUT2D eigenvalue weighted by Gasteiger charge is 2.21. The molecule has 0 bridgehead atoms. The van der Waals surface area contributed by atoms with E-state index in [4.69, 9.17) is 11.6 Å². The van der Waals surface area contributed by atoms with Crippen LogP contribution in [-0.4, -0.2) is 21.2 Å². The number of anilines is 2. The van der Waals surface area contributed by atoms with E-state index in [9.17, 15) is 9.59 Å². The Hall–Kier alpha value is -3.12. The summed E-state index contributed by atoms with van der Waals surface area (Å²) in [6.45, 7) is 7.44. The second-order valence-corrected chi connectivity index (χ2v) is 8.13. The fourth-order valence-corrected chi connectivity index (χ4v) is 2.86. The van der Waals surface area contributed by atoms with E-state index in [0.29, 0.717) is 27.9 Å². The molecule has 2 heterocycles. The zero-order chi connectivity index (χ0) is 21.2. The topological polar surface area (TPSA) is 75.5 Å². The third-order valence-electron chi connectivity index (χ3n) is 4.35. The van der Waals surface area contributed by atoms with Crippen LogP contribution in [0.5, 0.6) is 0 Å². The fraction of sp³-hybridized carbons (Fsp3) is 0.227. The highest BCUT2D eigenvalue weighted by Crippen LogP contribution is 2.24. The number of halogens is 1. The van der Waals surface area contributed by atoms with Crippen LogP contribution in [0.1, 0.15) is 32.0 Å². The summed E-state index contributed by atoms with van der Waals surface area (Å²) in [5, 5.41) is 6.03. The van der Waals surface area contributed by atoms with Gasteiger partial charge in [-0.3, -0.25) is 14.0 Å². The highest BCUT2D eigenvalue weighted by atomic mass is 35.5. The van der Waals surface area contributed by atoms with Gasteiger partial charge in [0.25, 0.3) is 0 Å². The monoisotopic (exact) mass is 410 g/mol. The largest absolute Gasteiger partial charge is 0.325 e. The van der Waals surface area contributed by atoms with Gasteiger partial charge in [0.15, 0.2) is 5.15 Å². The smallest absolute Gasteiger partial charge is 0.248 e. The van der Waals surface area contributed by atoms with Gasteiger partial charge in [0.1, 0.15) is 5.65 Å². The predicted molar refractivity (Wildman–Crippen MR) is 117 cm³/mol. The van der Waals surface area contributed by atoms with Crippen LogP contribution in [0, 0.1) is 12.3 Å². The number of carbonyl (C=O) groups is 2. The molecule has 29 heavy (non-hydrogen) atoms. The maximum absolute atomic E-state index is 12.4. The Balaban J connectivity index is 1.75. The molecule has 3 rings (SSSR count). The number of hydrogen-bond donors (Lipinski definition) is 2. The second kappa shape index (κ2) is 8.09. The molecule has 1 aromatic carbocycles. The van der Waals surface area contributed by atoms with Crippen LogP contribution in [0.4, 0.5) is 11.4 Å². The Bertz CT molecular complexity index is 1110. The number of imidazole rings is 1. The van der Waals surface area contributed by atoms with Crippen molar-refractivity contribution in [3.63, 3.8) is 0 Å². The first-order valence-corrected chi connectivity index (χ1v) is 9.57. The third-order valence-corrected chi connectivity index (χ3v) is 4.63. The Morgan fingerprint density at radius 2 is 1.90 bits per heavy atom. The number of amides is 2. The van der Waals surface area contributed by atoms with E-state index < -0.39 is 5.41 Å². The Labute approximate surface area is 174 Å². The SMILES string of the molecule is Cc1ccc(NC(=O)/C=C/c2c(Cl)nc3ccccn23)cc1NC(=O)C(C)(C)C. The molecule has 3 aromatic rings. The van der Waals surface area contributed by atoms with Crippen LogP contribution in [0.15, 0.2) is 48.7 Å². The molecule has 0 aliphatic heterocycles. The second-order valence-electron chi connectivity index (χ2n) is 7.77. The molecular formula is C22H23ClN4O2. The average Bonchev–Trinajstić information content (AvgIpc) is 2.97. The van der Waals surface area contributed by atoms with E-state index in [1.807, 2.05) is 58.2 Å². The molecule has 6 nitrogen and oxygen atoms in total. The van der Waals surface area contributed by atoms with E-state index in [1.54, 1.807) is 22.6 Å². The molecule has 0 saturated heterocycles. The summed E-state index contributed by atoms with van der Waals surface area (Å²) in [4.78, 5) is 28.9. The lowest BCUT2D eigenvalue weighted by Crippen LogP contribution is -2.28. The lowest BCUT2D eigenvalue weighted by atomic mass is 9.95. The summed E-state index contributed by atoms with van der Waals surface area (Å²) in [7, 11) is 0. The molecule has 2 aromatic heterocycles. The molecule has 2 amide bonds. The molecule has 150 valence electrons. The van der Waals surface area contributed by atoms with Gasteiger partial charge in [-0.25, -0.2) is 4.98 Å². The molecule has 0 atom stereocenters. The Kier molecular flexibility index (Phi) is 5.75. The van der Waals surface area contributed by atoms with Crippen molar-refractivity contribution in [3.8, 4) is 0 Å². The number of aryl methyl sites for hydroxylation is 1. The minimum Gasteiger partial charge on any atom is -0.325 e. The summed E-state index contributed by atoms with van der Waals surface area (Å²) < 4.78 is 1.80. The van der Waals surface area contributed by atoms with Gasteiger partial charge in [0.2, 0.25) is 11.8 Å². The van der Waals surface area contributed by atoms with Gasteiger partial charge in [-0.1, -0.05) is 44.5 Å².